The maximum atomic E-state index is 11.2. The highest BCUT2D eigenvalue weighted by Gasteiger charge is 2.13. The van der Waals surface area contributed by atoms with E-state index in [0.29, 0.717) is 4.43 Å². The van der Waals surface area contributed by atoms with Crippen LogP contribution in [0.4, 0.5) is 0 Å². The van der Waals surface area contributed by atoms with Gasteiger partial charge in [-0.15, -0.1) is 0 Å². The zero-order valence-electron chi connectivity index (χ0n) is 8.11. The van der Waals surface area contributed by atoms with Crippen molar-refractivity contribution in [1.82, 2.24) is 0 Å². The minimum atomic E-state index is -3.32. The number of carbonyl (C=O) groups excluding carboxylic acids is 1. The molecule has 0 saturated carbocycles. The first-order valence-corrected chi connectivity index (χ1v) is 7.72. The number of aliphatic carboxylic acids is 1. The molecule has 1 N–H and O–H groups in total. The SMILES string of the molecule is O=C(O)CCS(=O)(=O)CCCC(=O)CI. The first kappa shape index (κ1) is 14.8. The molecule has 0 aromatic heterocycles. The molecule has 0 aliphatic heterocycles. The van der Waals surface area contributed by atoms with E-state index in [0.717, 1.165) is 0 Å². The lowest BCUT2D eigenvalue weighted by atomic mass is 10.3. The maximum absolute atomic E-state index is 11.2. The van der Waals surface area contributed by atoms with Crippen molar-refractivity contribution in [2.24, 2.45) is 0 Å². The van der Waals surface area contributed by atoms with E-state index in [1.165, 1.54) is 0 Å². The molecule has 5 nitrogen and oxygen atoms in total. The van der Waals surface area contributed by atoms with Crippen LogP contribution in [-0.2, 0) is 19.4 Å². The number of carbonyl (C=O) groups is 2. The minimum Gasteiger partial charge on any atom is -0.481 e. The summed E-state index contributed by atoms with van der Waals surface area (Å²) in [6.07, 6.45) is 0.154. The molecule has 15 heavy (non-hydrogen) atoms. The van der Waals surface area contributed by atoms with Crippen molar-refractivity contribution in [2.45, 2.75) is 19.3 Å². The Balaban J connectivity index is 3.84. The topological polar surface area (TPSA) is 88.5 Å². The van der Waals surface area contributed by atoms with Gasteiger partial charge in [0.2, 0.25) is 0 Å². The van der Waals surface area contributed by atoms with Gasteiger partial charge < -0.3 is 5.11 Å². The van der Waals surface area contributed by atoms with Gasteiger partial charge in [0.05, 0.1) is 22.4 Å². The summed E-state index contributed by atoms with van der Waals surface area (Å²) in [4.78, 5) is 21.0. The summed E-state index contributed by atoms with van der Waals surface area (Å²) in [5, 5.41) is 8.31. The van der Waals surface area contributed by atoms with Crippen LogP contribution in [0, 0.1) is 0 Å². The van der Waals surface area contributed by atoms with Crippen LogP contribution in [0.2, 0.25) is 0 Å². The first-order chi connectivity index (χ1) is 6.87. The van der Waals surface area contributed by atoms with Crippen LogP contribution in [0.5, 0.6) is 0 Å². The largest absolute Gasteiger partial charge is 0.481 e. The maximum Gasteiger partial charge on any atom is 0.304 e. The number of hydrogen-bond donors (Lipinski definition) is 1. The third-order valence-electron chi connectivity index (χ3n) is 1.69. The van der Waals surface area contributed by atoms with E-state index >= 15 is 0 Å². The second-order valence-corrected chi connectivity index (χ2v) is 6.14. The number of carboxylic acid groups (broad SMARTS) is 1. The second kappa shape index (κ2) is 7.15. The van der Waals surface area contributed by atoms with E-state index in [-0.39, 0.29) is 36.6 Å². The highest BCUT2D eigenvalue weighted by molar-refractivity contribution is 14.1. The predicted molar refractivity (Wildman–Crippen MR) is 64.0 cm³/mol. The summed E-state index contributed by atoms with van der Waals surface area (Å²) in [6, 6.07) is 0. The van der Waals surface area contributed by atoms with Gasteiger partial charge >= 0.3 is 5.97 Å². The zero-order valence-corrected chi connectivity index (χ0v) is 11.1. The van der Waals surface area contributed by atoms with Gasteiger partial charge in [-0.25, -0.2) is 8.42 Å². The van der Waals surface area contributed by atoms with Crippen LogP contribution in [0.1, 0.15) is 19.3 Å². The van der Waals surface area contributed by atoms with E-state index < -0.39 is 15.8 Å². The molecular weight excluding hydrogens is 335 g/mol. The van der Waals surface area contributed by atoms with Gasteiger partial charge in [-0.05, 0) is 6.42 Å². The van der Waals surface area contributed by atoms with Crippen LogP contribution in [0.3, 0.4) is 0 Å². The third-order valence-corrected chi connectivity index (χ3v) is 4.27. The number of Topliss-reactive ketones (excluding diaryl/α,β-unsaturated/α-hetero) is 1. The molecule has 0 aliphatic rings. The Kier molecular flexibility index (Phi) is 7.07. The van der Waals surface area contributed by atoms with E-state index in [4.69, 9.17) is 5.11 Å². The van der Waals surface area contributed by atoms with Gasteiger partial charge in [-0.2, -0.15) is 0 Å². The smallest absolute Gasteiger partial charge is 0.304 e. The Labute approximate surface area is 102 Å². The van der Waals surface area contributed by atoms with Gasteiger partial charge in [0.1, 0.15) is 5.78 Å². The Morgan fingerprint density at radius 3 is 2.20 bits per heavy atom. The van der Waals surface area contributed by atoms with E-state index in [1.807, 2.05) is 22.6 Å². The molecule has 0 spiro atoms. The highest BCUT2D eigenvalue weighted by atomic mass is 127. The lowest BCUT2D eigenvalue weighted by Crippen LogP contribution is -2.15. The van der Waals surface area contributed by atoms with Gasteiger partial charge in [0.15, 0.2) is 9.84 Å². The third kappa shape index (κ3) is 8.79. The fourth-order valence-corrected chi connectivity index (χ4v) is 2.56. The Bertz CT molecular complexity index is 322. The summed E-state index contributed by atoms with van der Waals surface area (Å²) >= 11 is 1.92. The number of hydrogen-bond acceptors (Lipinski definition) is 4. The lowest BCUT2D eigenvalue weighted by Gasteiger charge is -2.01. The van der Waals surface area contributed by atoms with Crippen molar-refractivity contribution in [1.29, 1.82) is 0 Å². The molecule has 0 unspecified atom stereocenters. The normalized spacial score (nSPS) is 11.3. The summed E-state index contributed by atoms with van der Waals surface area (Å²) in [6.45, 7) is 0. The Morgan fingerprint density at radius 1 is 1.13 bits per heavy atom. The zero-order chi connectivity index (χ0) is 11.9. The molecule has 0 aromatic rings. The van der Waals surface area contributed by atoms with Crippen LogP contribution in [0.15, 0.2) is 0 Å². The molecule has 0 heterocycles. The minimum absolute atomic E-state index is 0.0176. The molecular formula is C8H13IO5S. The molecule has 7 heteroatoms. The Hall–Kier alpha value is -0.180. The monoisotopic (exact) mass is 348 g/mol. The summed E-state index contributed by atoms with van der Waals surface area (Å²) in [7, 11) is -3.32. The average molecular weight is 348 g/mol. The van der Waals surface area contributed by atoms with Gasteiger partial charge in [-0.3, -0.25) is 9.59 Å². The molecule has 0 aliphatic carbocycles. The molecule has 0 aromatic carbocycles. The molecule has 0 bridgehead atoms. The molecule has 0 rings (SSSR count). The Morgan fingerprint density at radius 2 is 1.73 bits per heavy atom. The number of sulfone groups is 1. The fourth-order valence-electron chi connectivity index (χ4n) is 0.901. The van der Waals surface area contributed by atoms with E-state index in [2.05, 4.69) is 0 Å². The molecule has 0 atom stereocenters. The van der Waals surface area contributed by atoms with Gasteiger partial charge in [0.25, 0.3) is 0 Å². The van der Waals surface area contributed by atoms with Crippen molar-refractivity contribution in [3.05, 3.63) is 0 Å². The van der Waals surface area contributed by atoms with E-state index in [9.17, 15) is 18.0 Å². The van der Waals surface area contributed by atoms with E-state index in [1.54, 1.807) is 0 Å². The van der Waals surface area contributed by atoms with Crippen LogP contribution in [0.25, 0.3) is 0 Å². The molecule has 0 radical (unpaired) electrons. The van der Waals surface area contributed by atoms with Crippen molar-refractivity contribution in [2.75, 3.05) is 15.9 Å². The van der Waals surface area contributed by atoms with Crippen molar-refractivity contribution in [3.63, 3.8) is 0 Å². The number of alkyl halides is 1. The van der Waals surface area contributed by atoms with Crippen molar-refractivity contribution >= 4 is 44.2 Å². The number of carboxylic acids is 1. The molecule has 0 fully saturated rings. The summed E-state index contributed by atoms with van der Waals surface area (Å²) in [5.74, 6) is -1.56. The summed E-state index contributed by atoms with van der Waals surface area (Å²) < 4.78 is 22.8. The first-order valence-electron chi connectivity index (χ1n) is 4.37. The van der Waals surface area contributed by atoms with Crippen molar-refractivity contribution < 1.29 is 23.1 Å². The average Bonchev–Trinajstić information content (AvgIpc) is 2.14. The van der Waals surface area contributed by atoms with Crippen LogP contribution in [-0.4, -0.2) is 41.2 Å². The second-order valence-electron chi connectivity index (χ2n) is 3.07. The molecule has 0 amide bonds. The summed E-state index contributed by atoms with van der Waals surface area (Å²) in [5.41, 5.74) is 0. The van der Waals surface area contributed by atoms with Crippen molar-refractivity contribution in [3.8, 4) is 0 Å². The quantitative estimate of drug-likeness (QED) is 0.514. The molecule has 88 valence electrons. The molecule has 0 saturated heterocycles. The predicted octanol–water partition coefficient (Wildman–Crippen LogP) is 0.660. The fraction of sp³-hybridized carbons (Fsp3) is 0.750. The van der Waals surface area contributed by atoms with Crippen LogP contribution >= 0.6 is 22.6 Å². The van der Waals surface area contributed by atoms with Gasteiger partial charge in [-0.1, -0.05) is 22.6 Å². The van der Waals surface area contributed by atoms with Gasteiger partial charge in [0, 0.05) is 6.42 Å². The number of ketones is 1. The number of halogens is 1. The van der Waals surface area contributed by atoms with Crippen LogP contribution < -0.4 is 0 Å². The standard InChI is InChI=1S/C8H13IO5S/c9-6-7(10)2-1-4-15(13,14)5-3-8(11)12/h1-6H2,(H,11,12). The number of rotatable bonds is 8. The highest BCUT2D eigenvalue weighted by Crippen LogP contribution is 2.01. The lowest BCUT2D eigenvalue weighted by molar-refractivity contribution is -0.136.